The van der Waals surface area contributed by atoms with E-state index in [2.05, 4.69) is 31.2 Å². The molecule has 7 nitrogen and oxygen atoms in total. The fraction of sp³-hybridized carbons (Fsp3) is 0.190. The standard InChI is InChI=1S/C21H19BrN4O3/c1-29-20(27)15-4-2-3-5-16(15)25-21(28)26-11-10-17-18(24-12-23-17)19(26)13-6-8-14(22)9-7-13/h2-9,12,19H,10-11H2,1H3,(H,23,24)(H,25,28). The molecule has 0 spiro atoms. The molecule has 3 aromatic rings. The molecule has 2 N–H and O–H groups in total. The van der Waals surface area contributed by atoms with E-state index in [-0.39, 0.29) is 12.1 Å². The molecule has 0 saturated carbocycles. The number of amides is 2. The lowest BCUT2D eigenvalue weighted by Crippen LogP contribution is -2.43. The van der Waals surface area contributed by atoms with Crippen LogP contribution in [-0.2, 0) is 11.2 Å². The summed E-state index contributed by atoms with van der Waals surface area (Å²) in [5, 5.41) is 2.87. The minimum Gasteiger partial charge on any atom is -0.465 e. The molecule has 0 aliphatic carbocycles. The molecule has 2 aromatic carbocycles. The van der Waals surface area contributed by atoms with Crippen molar-refractivity contribution in [2.45, 2.75) is 12.5 Å². The smallest absolute Gasteiger partial charge is 0.339 e. The fourth-order valence-electron chi connectivity index (χ4n) is 3.55. The van der Waals surface area contributed by atoms with Gasteiger partial charge in [0.05, 0.1) is 30.4 Å². The van der Waals surface area contributed by atoms with E-state index in [0.717, 1.165) is 21.4 Å². The number of fused-ring (bicyclic) bond motifs is 1. The Balaban J connectivity index is 1.67. The van der Waals surface area contributed by atoms with Crippen molar-refractivity contribution in [2.24, 2.45) is 0 Å². The zero-order chi connectivity index (χ0) is 20.4. The molecule has 2 heterocycles. The summed E-state index contributed by atoms with van der Waals surface area (Å²) in [5.74, 6) is -0.501. The summed E-state index contributed by atoms with van der Waals surface area (Å²) in [6, 6.07) is 14.0. The SMILES string of the molecule is COC(=O)c1ccccc1NC(=O)N1CCc2[nH]cnc2C1c1ccc(Br)cc1. The van der Waals surface area contributed by atoms with Gasteiger partial charge in [-0.2, -0.15) is 0 Å². The minimum absolute atomic E-state index is 0.303. The monoisotopic (exact) mass is 454 g/mol. The number of nitrogens with one attached hydrogen (secondary N) is 2. The summed E-state index contributed by atoms with van der Waals surface area (Å²) in [4.78, 5) is 34.6. The van der Waals surface area contributed by atoms with Crippen molar-refractivity contribution < 1.29 is 14.3 Å². The molecule has 2 amide bonds. The Kier molecular flexibility index (Phi) is 5.35. The van der Waals surface area contributed by atoms with E-state index in [0.29, 0.717) is 24.2 Å². The van der Waals surface area contributed by atoms with Gasteiger partial charge in [-0.05, 0) is 29.8 Å². The van der Waals surface area contributed by atoms with Gasteiger partial charge in [0.2, 0.25) is 0 Å². The maximum absolute atomic E-state index is 13.2. The number of hydrogen-bond acceptors (Lipinski definition) is 4. The summed E-state index contributed by atoms with van der Waals surface area (Å²) in [5.41, 5.74) is 3.53. The lowest BCUT2D eigenvalue weighted by Gasteiger charge is -2.35. The van der Waals surface area contributed by atoms with Crippen molar-refractivity contribution in [3.05, 3.63) is 81.8 Å². The largest absolute Gasteiger partial charge is 0.465 e. The van der Waals surface area contributed by atoms with Crippen LogP contribution in [0, 0.1) is 0 Å². The summed E-state index contributed by atoms with van der Waals surface area (Å²) < 4.78 is 5.78. The molecule has 1 aromatic heterocycles. The normalized spacial score (nSPS) is 15.5. The first-order chi connectivity index (χ1) is 14.1. The minimum atomic E-state index is -0.501. The van der Waals surface area contributed by atoms with Crippen LogP contribution in [-0.4, -0.2) is 40.5 Å². The van der Waals surface area contributed by atoms with E-state index < -0.39 is 5.97 Å². The molecule has 0 bridgehead atoms. The number of aromatic amines is 1. The molecular weight excluding hydrogens is 436 g/mol. The van der Waals surface area contributed by atoms with Gasteiger partial charge in [0.15, 0.2) is 0 Å². The second kappa shape index (κ2) is 8.08. The van der Waals surface area contributed by atoms with Crippen molar-refractivity contribution in [3.8, 4) is 0 Å². The predicted octanol–water partition coefficient (Wildman–Crippen LogP) is 4.14. The number of halogens is 1. The molecule has 0 radical (unpaired) electrons. The number of aromatic nitrogens is 2. The molecule has 148 valence electrons. The van der Waals surface area contributed by atoms with Crippen LogP contribution in [0.5, 0.6) is 0 Å². The third kappa shape index (κ3) is 3.75. The third-order valence-electron chi connectivity index (χ3n) is 4.95. The number of nitrogens with zero attached hydrogens (tertiary/aromatic N) is 2. The lowest BCUT2D eigenvalue weighted by molar-refractivity contribution is 0.0602. The van der Waals surface area contributed by atoms with E-state index in [4.69, 9.17) is 4.74 Å². The van der Waals surface area contributed by atoms with Crippen molar-refractivity contribution in [3.63, 3.8) is 0 Å². The highest BCUT2D eigenvalue weighted by molar-refractivity contribution is 9.10. The highest BCUT2D eigenvalue weighted by Gasteiger charge is 2.34. The summed E-state index contributed by atoms with van der Waals surface area (Å²) >= 11 is 3.45. The molecule has 1 aliphatic rings. The first-order valence-corrected chi connectivity index (χ1v) is 9.90. The van der Waals surface area contributed by atoms with Crippen LogP contribution in [0.1, 0.15) is 33.4 Å². The van der Waals surface area contributed by atoms with Crippen molar-refractivity contribution in [1.29, 1.82) is 0 Å². The number of rotatable bonds is 3. The number of H-pyrrole nitrogens is 1. The molecule has 1 unspecified atom stereocenters. The van der Waals surface area contributed by atoms with Gasteiger partial charge in [-0.25, -0.2) is 14.6 Å². The average Bonchev–Trinajstić information content (AvgIpc) is 3.22. The number of methoxy groups -OCH3 is 1. The summed E-state index contributed by atoms with van der Waals surface area (Å²) in [7, 11) is 1.31. The number of carbonyl (C=O) groups is 2. The van der Waals surface area contributed by atoms with E-state index in [1.54, 1.807) is 35.5 Å². The van der Waals surface area contributed by atoms with Crippen molar-refractivity contribution >= 4 is 33.6 Å². The van der Waals surface area contributed by atoms with Gasteiger partial charge in [-0.15, -0.1) is 0 Å². The number of imidazole rings is 1. The Labute approximate surface area is 176 Å². The maximum atomic E-state index is 13.2. The van der Waals surface area contributed by atoms with Gasteiger partial charge in [0, 0.05) is 23.1 Å². The molecule has 0 saturated heterocycles. The van der Waals surface area contributed by atoms with Crippen LogP contribution >= 0.6 is 15.9 Å². The topological polar surface area (TPSA) is 87.3 Å². The van der Waals surface area contributed by atoms with Gasteiger partial charge in [0.25, 0.3) is 0 Å². The quantitative estimate of drug-likeness (QED) is 0.582. The summed E-state index contributed by atoms with van der Waals surface area (Å²) in [6.45, 7) is 0.516. The van der Waals surface area contributed by atoms with Gasteiger partial charge < -0.3 is 19.9 Å². The highest BCUT2D eigenvalue weighted by atomic mass is 79.9. The zero-order valence-corrected chi connectivity index (χ0v) is 17.3. The molecule has 0 fully saturated rings. The second-order valence-corrected chi connectivity index (χ2v) is 7.55. The average molecular weight is 455 g/mol. The van der Waals surface area contributed by atoms with Crippen LogP contribution in [0.4, 0.5) is 10.5 Å². The second-order valence-electron chi connectivity index (χ2n) is 6.63. The van der Waals surface area contributed by atoms with E-state index >= 15 is 0 Å². The van der Waals surface area contributed by atoms with Crippen LogP contribution in [0.25, 0.3) is 0 Å². The molecule has 1 atom stereocenters. The Bertz CT molecular complexity index is 1050. The van der Waals surface area contributed by atoms with Crippen molar-refractivity contribution in [2.75, 3.05) is 19.0 Å². The molecule has 29 heavy (non-hydrogen) atoms. The third-order valence-corrected chi connectivity index (χ3v) is 5.47. The van der Waals surface area contributed by atoms with Gasteiger partial charge in [-0.3, -0.25) is 0 Å². The number of hydrogen-bond donors (Lipinski definition) is 2. The maximum Gasteiger partial charge on any atom is 0.339 e. The first-order valence-electron chi connectivity index (χ1n) is 9.11. The van der Waals surface area contributed by atoms with Gasteiger partial charge in [0.1, 0.15) is 6.04 Å². The van der Waals surface area contributed by atoms with E-state index in [1.807, 2.05) is 24.3 Å². The highest BCUT2D eigenvalue weighted by Crippen LogP contribution is 2.34. The number of urea groups is 1. The van der Waals surface area contributed by atoms with Crippen LogP contribution in [0.3, 0.4) is 0 Å². The van der Waals surface area contributed by atoms with Gasteiger partial charge >= 0.3 is 12.0 Å². The molecule has 1 aliphatic heterocycles. The lowest BCUT2D eigenvalue weighted by atomic mass is 9.96. The number of benzene rings is 2. The Hall–Kier alpha value is -3.13. The molecule has 8 heteroatoms. The summed E-state index contributed by atoms with van der Waals surface area (Å²) in [6.07, 6.45) is 2.33. The van der Waals surface area contributed by atoms with Crippen molar-refractivity contribution in [1.82, 2.24) is 14.9 Å². The Morgan fingerprint density at radius 2 is 1.97 bits per heavy atom. The van der Waals surface area contributed by atoms with Crippen LogP contribution < -0.4 is 5.32 Å². The number of esters is 1. The van der Waals surface area contributed by atoms with Crippen LogP contribution in [0.15, 0.2) is 59.3 Å². The van der Waals surface area contributed by atoms with Gasteiger partial charge in [-0.1, -0.05) is 40.2 Å². The number of para-hydroxylation sites is 1. The molecule has 4 rings (SSSR count). The number of ether oxygens (including phenoxy) is 1. The Morgan fingerprint density at radius 1 is 1.21 bits per heavy atom. The predicted molar refractivity (Wildman–Crippen MR) is 112 cm³/mol. The zero-order valence-electron chi connectivity index (χ0n) is 15.7. The van der Waals surface area contributed by atoms with Crippen LogP contribution in [0.2, 0.25) is 0 Å². The number of carbonyl (C=O) groups excluding carboxylic acids is 2. The van der Waals surface area contributed by atoms with E-state index in [1.165, 1.54) is 7.11 Å². The fourth-order valence-corrected chi connectivity index (χ4v) is 3.81. The molecular formula is C21H19BrN4O3. The first kappa shape index (κ1) is 19.2. The Morgan fingerprint density at radius 3 is 2.72 bits per heavy atom. The number of anilines is 1. The van der Waals surface area contributed by atoms with E-state index in [9.17, 15) is 9.59 Å².